The number of thioether (sulfide) groups is 1. The molecule has 0 spiro atoms. The van der Waals surface area contributed by atoms with Crippen molar-refractivity contribution in [2.45, 2.75) is 25.4 Å². The first-order valence-electron chi connectivity index (χ1n) is 7.12. The lowest BCUT2D eigenvalue weighted by Crippen LogP contribution is -2.33. The molecule has 0 fully saturated rings. The Kier molecular flexibility index (Phi) is 5.71. The number of carbonyl (C=O) groups is 1. The van der Waals surface area contributed by atoms with Crippen LogP contribution in [0.3, 0.4) is 0 Å². The average molecular weight is 330 g/mol. The molecule has 1 aromatic heterocycles. The lowest BCUT2D eigenvalue weighted by atomic mass is 10.1. The van der Waals surface area contributed by atoms with E-state index in [0.717, 1.165) is 11.3 Å². The number of hydrogen-bond donors (Lipinski definition) is 0. The Morgan fingerprint density at radius 2 is 2.17 bits per heavy atom. The molecule has 0 saturated carbocycles. The Morgan fingerprint density at radius 3 is 2.78 bits per heavy atom. The van der Waals surface area contributed by atoms with Crippen LogP contribution in [0.4, 0.5) is 5.69 Å². The van der Waals surface area contributed by atoms with Crippen LogP contribution in [0.15, 0.2) is 23.4 Å². The van der Waals surface area contributed by atoms with Gasteiger partial charge in [0.25, 0.3) is 0 Å². The van der Waals surface area contributed by atoms with Gasteiger partial charge in [-0.25, -0.2) is 4.68 Å². The summed E-state index contributed by atoms with van der Waals surface area (Å²) in [6.45, 7) is 4.40. The summed E-state index contributed by atoms with van der Waals surface area (Å²) in [6, 6.07) is 7.95. The number of amides is 1. The second-order valence-corrected chi connectivity index (χ2v) is 6.04. The van der Waals surface area contributed by atoms with E-state index in [0.29, 0.717) is 11.7 Å². The molecule has 0 aliphatic carbocycles. The van der Waals surface area contributed by atoms with Crippen LogP contribution < -0.4 is 4.90 Å². The lowest BCUT2D eigenvalue weighted by Gasteiger charge is -2.22. The summed E-state index contributed by atoms with van der Waals surface area (Å²) in [4.78, 5) is 14.2. The number of tetrazole rings is 1. The van der Waals surface area contributed by atoms with E-state index in [-0.39, 0.29) is 18.1 Å². The molecule has 0 unspecified atom stereocenters. The minimum Gasteiger partial charge on any atom is -0.311 e. The lowest BCUT2D eigenvalue weighted by molar-refractivity contribution is -0.116. The summed E-state index contributed by atoms with van der Waals surface area (Å²) >= 11 is 1.28. The van der Waals surface area contributed by atoms with Crippen molar-refractivity contribution in [2.24, 2.45) is 7.05 Å². The maximum Gasteiger partial charge on any atom is 0.237 e. The third-order valence-corrected chi connectivity index (χ3v) is 4.45. The molecule has 7 nitrogen and oxygen atoms in total. The van der Waals surface area contributed by atoms with Gasteiger partial charge >= 0.3 is 0 Å². The van der Waals surface area contributed by atoms with Gasteiger partial charge in [0, 0.05) is 19.3 Å². The third kappa shape index (κ3) is 4.29. The van der Waals surface area contributed by atoms with Gasteiger partial charge in [-0.3, -0.25) is 4.79 Å². The molecule has 23 heavy (non-hydrogen) atoms. The molecule has 8 heteroatoms. The van der Waals surface area contributed by atoms with Crippen molar-refractivity contribution in [1.82, 2.24) is 20.2 Å². The van der Waals surface area contributed by atoms with Gasteiger partial charge in [0.2, 0.25) is 11.1 Å². The number of nitriles is 1. The summed E-state index contributed by atoms with van der Waals surface area (Å²) in [5.74, 6) is 0.142. The van der Waals surface area contributed by atoms with Crippen LogP contribution in [0.2, 0.25) is 0 Å². The van der Waals surface area contributed by atoms with E-state index in [4.69, 9.17) is 5.26 Å². The molecule has 2 aromatic rings. The van der Waals surface area contributed by atoms with Crippen molar-refractivity contribution in [1.29, 1.82) is 5.26 Å². The molecule has 0 bridgehead atoms. The van der Waals surface area contributed by atoms with E-state index in [1.54, 1.807) is 11.9 Å². The second kappa shape index (κ2) is 7.74. The molecule has 0 aliphatic rings. The van der Waals surface area contributed by atoms with Gasteiger partial charge in [-0.05, 0) is 47.5 Å². The van der Waals surface area contributed by atoms with Gasteiger partial charge in [-0.2, -0.15) is 5.26 Å². The van der Waals surface area contributed by atoms with Gasteiger partial charge in [0.1, 0.15) is 0 Å². The zero-order chi connectivity index (χ0) is 16.8. The van der Waals surface area contributed by atoms with Crippen LogP contribution in [-0.4, -0.2) is 38.4 Å². The quantitative estimate of drug-likeness (QED) is 0.751. The fourth-order valence-electron chi connectivity index (χ4n) is 2.00. The molecule has 1 aromatic carbocycles. The van der Waals surface area contributed by atoms with Crippen LogP contribution in [0, 0.1) is 25.2 Å². The first kappa shape index (κ1) is 17.0. The fourth-order valence-corrected chi connectivity index (χ4v) is 2.73. The van der Waals surface area contributed by atoms with Crippen LogP contribution >= 0.6 is 11.8 Å². The Hall–Kier alpha value is -2.40. The maximum absolute atomic E-state index is 12.6. The van der Waals surface area contributed by atoms with Gasteiger partial charge in [0.15, 0.2) is 0 Å². The normalized spacial score (nSPS) is 10.3. The highest BCUT2D eigenvalue weighted by Crippen LogP contribution is 2.21. The molecule has 1 amide bonds. The number of aromatic nitrogens is 4. The number of anilines is 1. The van der Waals surface area contributed by atoms with Crippen molar-refractivity contribution >= 4 is 23.4 Å². The first-order chi connectivity index (χ1) is 11.0. The van der Waals surface area contributed by atoms with E-state index in [1.807, 2.05) is 32.0 Å². The van der Waals surface area contributed by atoms with E-state index < -0.39 is 0 Å². The molecule has 0 radical (unpaired) electrons. The number of hydrogen-bond acceptors (Lipinski definition) is 6. The molecular weight excluding hydrogens is 312 g/mol. The highest BCUT2D eigenvalue weighted by Gasteiger charge is 2.17. The molecular formula is C15H18N6OS. The summed E-state index contributed by atoms with van der Waals surface area (Å²) in [7, 11) is 1.73. The summed E-state index contributed by atoms with van der Waals surface area (Å²) in [5.41, 5.74) is 3.09. The van der Waals surface area contributed by atoms with Gasteiger partial charge < -0.3 is 4.90 Å². The van der Waals surface area contributed by atoms with E-state index in [1.165, 1.54) is 22.0 Å². The van der Waals surface area contributed by atoms with Gasteiger partial charge in [-0.15, -0.1) is 5.10 Å². The Morgan fingerprint density at radius 1 is 1.39 bits per heavy atom. The summed E-state index contributed by atoms with van der Waals surface area (Å²) in [6.07, 6.45) is 0.287. The number of rotatable bonds is 6. The van der Waals surface area contributed by atoms with Crippen molar-refractivity contribution in [2.75, 3.05) is 17.2 Å². The van der Waals surface area contributed by atoms with Crippen LogP contribution in [-0.2, 0) is 11.8 Å². The van der Waals surface area contributed by atoms with Gasteiger partial charge in [0.05, 0.1) is 18.2 Å². The zero-order valence-corrected chi connectivity index (χ0v) is 14.2. The average Bonchev–Trinajstić information content (AvgIpc) is 2.94. The molecule has 1 heterocycles. The number of benzene rings is 1. The Balaban J connectivity index is 2.13. The molecule has 0 N–H and O–H groups in total. The third-order valence-electron chi connectivity index (χ3n) is 3.46. The van der Waals surface area contributed by atoms with E-state index >= 15 is 0 Å². The molecule has 2 rings (SSSR count). The van der Waals surface area contributed by atoms with Crippen molar-refractivity contribution < 1.29 is 4.79 Å². The largest absolute Gasteiger partial charge is 0.311 e. The monoisotopic (exact) mass is 330 g/mol. The Bertz CT molecular complexity index is 736. The summed E-state index contributed by atoms with van der Waals surface area (Å²) < 4.78 is 1.52. The topological polar surface area (TPSA) is 87.7 Å². The molecule has 0 aliphatic heterocycles. The predicted molar refractivity (Wildman–Crippen MR) is 88.0 cm³/mol. The smallest absolute Gasteiger partial charge is 0.237 e. The van der Waals surface area contributed by atoms with E-state index in [9.17, 15) is 4.79 Å². The highest BCUT2D eigenvalue weighted by atomic mass is 32.2. The predicted octanol–water partition coefficient (Wildman–Crippen LogP) is 1.87. The van der Waals surface area contributed by atoms with Crippen molar-refractivity contribution in [3.63, 3.8) is 0 Å². The molecule has 0 atom stereocenters. The molecule has 120 valence electrons. The van der Waals surface area contributed by atoms with E-state index in [2.05, 4.69) is 21.6 Å². The highest BCUT2D eigenvalue weighted by molar-refractivity contribution is 7.99. The van der Waals surface area contributed by atoms with Crippen molar-refractivity contribution in [3.8, 4) is 6.07 Å². The minimum atomic E-state index is -0.0727. The minimum absolute atomic E-state index is 0.0727. The number of nitrogens with zero attached hydrogens (tertiary/aromatic N) is 6. The second-order valence-electron chi connectivity index (χ2n) is 5.10. The SMILES string of the molecule is Cc1ccc(N(CCC#N)C(=O)CSc2nnnn2C)cc1C. The van der Waals surface area contributed by atoms with Crippen LogP contribution in [0.5, 0.6) is 0 Å². The molecule has 0 saturated heterocycles. The van der Waals surface area contributed by atoms with Crippen LogP contribution in [0.25, 0.3) is 0 Å². The van der Waals surface area contributed by atoms with Crippen LogP contribution in [0.1, 0.15) is 17.5 Å². The van der Waals surface area contributed by atoms with Gasteiger partial charge in [-0.1, -0.05) is 17.8 Å². The maximum atomic E-state index is 12.6. The summed E-state index contributed by atoms with van der Waals surface area (Å²) in [5, 5.41) is 20.6. The fraction of sp³-hybridized carbons (Fsp3) is 0.400. The zero-order valence-electron chi connectivity index (χ0n) is 13.4. The number of carbonyl (C=O) groups excluding carboxylic acids is 1. The standard InChI is InChI=1S/C15H18N6OS/c1-11-5-6-13(9-12(11)2)21(8-4-7-16)14(22)10-23-15-17-18-19-20(15)3/h5-6,9H,4,8,10H2,1-3H3. The first-order valence-corrected chi connectivity index (χ1v) is 8.11. The number of aryl methyl sites for hydroxylation is 3. The Labute approximate surface area is 139 Å². The van der Waals surface area contributed by atoms with Crippen molar-refractivity contribution in [3.05, 3.63) is 29.3 Å².